The van der Waals surface area contributed by atoms with Gasteiger partial charge in [-0.2, -0.15) is 0 Å². The number of rotatable bonds is 2. The fourth-order valence-electron chi connectivity index (χ4n) is 2.46. The molecule has 2 aliphatic rings. The highest BCUT2D eigenvalue weighted by Crippen LogP contribution is 2.30. The van der Waals surface area contributed by atoms with Gasteiger partial charge >= 0.3 is 0 Å². The standard InChI is InChI=1S/C13H17IO2/c14-8-7-10-1-6-13(16-9-10)11-2-4-12(15)5-3-11/h1,7-8,11,13H,2-6,9H2. The molecular formula is C13H17IO2. The zero-order valence-corrected chi connectivity index (χ0v) is 11.5. The second kappa shape index (κ2) is 5.96. The first-order valence-electron chi connectivity index (χ1n) is 5.88. The second-order valence-electron chi connectivity index (χ2n) is 4.53. The Hall–Kier alpha value is -0.160. The molecule has 88 valence electrons. The van der Waals surface area contributed by atoms with Gasteiger partial charge in [-0.25, -0.2) is 0 Å². The molecule has 0 aromatic heterocycles. The monoisotopic (exact) mass is 332 g/mol. The molecule has 0 N–H and O–H groups in total. The van der Waals surface area contributed by atoms with E-state index in [0.717, 1.165) is 38.7 Å². The van der Waals surface area contributed by atoms with Crippen molar-refractivity contribution < 1.29 is 9.53 Å². The molecule has 1 aliphatic carbocycles. The van der Waals surface area contributed by atoms with Crippen LogP contribution in [0.15, 0.2) is 21.8 Å². The number of ether oxygens (including phenoxy) is 1. The summed E-state index contributed by atoms with van der Waals surface area (Å²) in [6, 6.07) is 0. The Labute approximate surface area is 110 Å². The number of hydrogen-bond donors (Lipinski definition) is 0. The number of carbonyl (C=O) groups is 1. The maximum absolute atomic E-state index is 11.2. The van der Waals surface area contributed by atoms with Crippen LogP contribution in [0.4, 0.5) is 0 Å². The van der Waals surface area contributed by atoms with Crippen LogP contribution >= 0.6 is 22.6 Å². The topological polar surface area (TPSA) is 26.3 Å². The second-order valence-corrected chi connectivity index (χ2v) is 5.25. The molecule has 1 saturated carbocycles. The number of Topliss-reactive ketones (excluding diaryl/α,β-unsaturated/α-hetero) is 1. The van der Waals surface area contributed by atoms with Crippen molar-refractivity contribution in [3.8, 4) is 0 Å². The van der Waals surface area contributed by atoms with Crippen molar-refractivity contribution in [3.05, 3.63) is 21.8 Å². The Morgan fingerprint density at radius 1 is 1.38 bits per heavy atom. The van der Waals surface area contributed by atoms with Crippen molar-refractivity contribution in [2.75, 3.05) is 6.61 Å². The van der Waals surface area contributed by atoms with Crippen LogP contribution in [0.25, 0.3) is 0 Å². The summed E-state index contributed by atoms with van der Waals surface area (Å²) in [6.45, 7) is 0.731. The highest BCUT2D eigenvalue weighted by molar-refractivity contribution is 14.1. The molecule has 1 fully saturated rings. The summed E-state index contributed by atoms with van der Waals surface area (Å²) in [5.74, 6) is 1.02. The van der Waals surface area contributed by atoms with Gasteiger partial charge in [0.15, 0.2) is 0 Å². The molecule has 1 aliphatic heterocycles. The highest BCUT2D eigenvalue weighted by atomic mass is 127. The molecule has 1 heterocycles. The zero-order chi connectivity index (χ0) is 11.4. The molecule has 3 heteroatoms. The van der Waals surface area contributed by atoms with E-state index in [-0.39, 0.29) is 0 Å². The van der Waals surface area contributed by atoms with Crippen LogP contribution in [-0.2, 0) is 9.53 Å². The molecule has 0 spiro atoms. The first-order valence-corrected chi connectivity index (χ1v) is 7.13. The van der Waals surface area contributed by atoms with E-state index in [1.807, 2.05) is 4.08 Å². The van der Waals surface area contributed by atoms with Gasteiger partial charge in [0.1, 0.15) is 5.78 Å². The summed E-state index contributed by atoms with van der Waals surface area (Å²) in [4.78, 5) is 11.2. The molecule has 2 rings (SSSR count). The number of carbonyl (C=O) groups excluding carboxylic acids is 1. The summed E-state index contributed by atoms with van der Waals surface area (Å²) < 4.78 is 7.90. The summed E-state index contributed by atoms with van der Waals surface area (Å²) in [5.41, 5.74) is 1.28. The normalized spacial score (nSPS) is 28.4. The van der Waals surface area contributed by atoms with Crippen molar-refractivity contribution in [2.24, 2.45) is 5.92 Å². The third kappa shape index (κ3) is 3.17. The Morgan fingerprint density at radius 3 is 2.69 bits per heavy atom. The van der Waals surface area contributed by atoms with Gasteiger partial charge < -0.3 is 4.74 Å². The van der Waals surface area contributed by atoms with E-state index < -0.39 is 0 Å². The maximum Gasteiger partial charge on any atom is 0.132 e. The fraction of sp³-hybridized carbons (Fsp3) is 0.615. The van der Waals surface area contributed by atoms with Crippen LogP contribution < -0.4 is 0 Å². The lowest BCUT2D eigenvalue weighted by atomic mass is 9.82. The van der Waals surface area contributed by atoms with Crippen LogP contribution in [0.1, 0.15) is 32.1 Å². The molecule has 16 heavy (non-hydrogen) atoms. The van der Waals surface area contributed by atoms with E-state index in [4.69, 9.17) is 4.74 Å². The molecule has 0 aromatic rings. The molecule has 0 amide bonds. The van der Waals surface area contributed by atoms with E-state index in [2.05, 4.69) is 34.7 Å². The average molecular weight is 332 g/mol. The summed E-state index contributed by atoms with van der Waals surface area (Å²) in [7, 11) is 0. The molecule has 2 nitrogen and oxygen atoms in total. The third-order valence-electron chi connectivity index (χ3n) is 3.47. The fourth-order valence-corrected chi connectivity index (χ4v) is 2.92. The number of ketones is 1. The molecule has 0 saturated heterocycles. The highest BCUT2D eigenvalue weighted by Gasteiger charge is 2.28. The Balaban J connectivity index is 1.87. The Kier molecular flexibility index (Phi) is 4.58. The molecule has 1 unspecified atom stereocenters. The van der Waals surface area contributed by atoms with E-state index >= 15 is 0 Å². The smallest absolute Gasteiger partial charge is 0.132 e. The molecule has 0 aromatic carbocycles. The lowest BCUT2D eigenvalue weighted by Crippen LogP contribution is -2.30. The lowest BCUT2D eigenvalue weighted by molar-refractivity contribution is -0.122. The van der Waals surface area contributed by atoms with E-state index in [1.54, 1.807) is 0 Å². The quantitative estimate of drug-likeness (QED) is 0.725. The molecule has 0 bridgehead atoms. The molecule has 1 atom stereocenters. The summed E-state index contributed by atoms with van der Waals surface area (Å²) in [6.07, 6.45) is 9.29. The van der Waals surface area contributed by atoms with Crippen LogP contribution in [0.3, 0.4) is 0 Å². The van der Waals surface area contributed by atoms with Crippen LogP contribution in [0.2, 0.25) is 0 Å². The predicted octanol–water partition coefficient (Wildman–Crippen LogP) is 3.41. The van der Waals surface area contributed by atoms with E-state index in [1.165, 1.54) is 5.57 Å². The zero-order valence-electron chi connectivity index (χ0n) is 9.32. The molecular weight excluding hydrogens is 315 g/mol. The predicted molar refractivity (Wildman–Crippen MR) is 72.6 cm³/mol. The SMILES string of the molecule is O=C1CCC(C2CC=C(C=CI)CO2)CC1. The van der Waals surface area contributed by atoms with Crippen molar-refractivity contribution in [1.82, 2.24) is 0 Å². The first-order chi connectivity index (χ1) is 7.79. The minimum absolute atomic E-state index is 0.347. The molecule has 0 radical (unpaired) electrons. The minimum Gasteiger partial charge on any atom is -0.373 e. The number of hydrogen-bond acceptors (Lipinski definition) is 2. The summed E-state index contributed by atoms with van der Waals surface area (Å²) in [5, 5.41) is 0. The van der Waals surface area contributed by atoms with Crippen molar-refractivity contribution in [3.63, 3.8) is 0 Å². The van der Waals surface area contributed by atoms with Gasteiger partial charge in [0, 0.05) is 12.8 Å². The Bertz CT molecular complexity index is 310. The van der Waals surface area contributed by atoms with Gasteiger partial charge in [0.2, 0.25) is 0 Å². The largest absolute Gasteiger partial charge is 0.373 e. The van der Waals surface area contributed by atoms with Gasteiger partial charge in [-0.05, 0) is 34.8 Å². The van der Waals surface area contributed by atoms with Gasteiger partial charge in [0.25, 0.3) is 0 Å². The average Bonchev–Trinajstić information content (AvgIpc) is 2.32. The third-order valence-corrected chi connectivity index (χ3v) is 3.83. The van der Waals surface area contributed by atoms with Crippen molar-refractivity contribution in [1.29, 1.82) is 0 Å². The minimum atomic E-state index is 0.347. The van der Waals surface area contributed by atoms with Crippen molar-refractivity contribution in [2.45, 2.75) is 38.2 Å². The van der Waals surface area contributed by atoms with Gasteiger partial charge in [-0.1, -0.05) is 34.7 Å². The van der Waals surface area contributed by atoms with Crippen LogP contribution in [0.5, 0.6) is 0 Å². The van der Waals surface area contributed by atoms with E-state index in [9.17, 15) is 4.79 Å². The van der Waals surface area contributed by atoms with Gasteiger partial charge in [0.05, 0.1) is 12.7 Å². The van der Waals surface area contributed by atoms with Gasteiger partial charge in [-0.15, -0.1) is 0 Å². The van der Waals surface area contributed by atoms with Gasteiger partial charge in [-0.3, -0.25) is 4.79 Å². The van der Waals surface area contributed by atoms with E-state index in [0.29, 0.717) is 17.8 Å². The first kappa shape index (κ1) is 12.3. The van der Waals surface area contributed by atoms with Crippen LogP contribution in [0, 0.1) is 5.92 Å². The lowest BCUT2D eigenvalue weighted by Gasteiger charge is -2.31. The van der Waals surface area contributed by atoms with Crippen molar-refractivity contribution >= 4 is 28.4 Å². The number of halogens is 1. The van der Waals surface area contributed by atoms with Crippen LogP contribution in [-0.4, -0.2) is 18.5 Å². The Morgan fingerprint density at radius 2 is 2.12 bits per heavy atom. The summed E-state index contributed by atoms with van der Waals surface area (Å²) >= 11 is 2.23. The maximum atomic E-state index is 11.2.